The standard InChI is InChI=1S/C10H15N3O3/c14-13(15)10-2-1-9(16-10)7-12-8-3-5-11-6-4-8/h1-2,8,11-12H,3-7H2. The van der Waals surface area contributed by atoms with Gasteiger partial charge in [0.2, 0.25) is 0 Å². The van der Waals surface area contributed by atoms with Crippen LogP contribution in [0.5, 0.6) is 0 Å². The van der Waals surface area contributed by atoms with Gasteiger partial charge in [-0.25, -0.2) is 0 Å². The van der Waals surface area contributed by atoms with Crippen LogP contribution in [0.4, 0.5) is 5.88 Å². The summed E-state index contributed by atoms with van der Waals surface area (Å²) in [5, 5.41) is 17.0. The summed E-state index contributed by atoms with van der Waals surface area (Å²) in [6.07, 6.45) is 2.17. The van der Waals surface area contributed by atoms with Gasteiger partial charge in [-0.2, -0.15) is 0 Å². The summed E-state index contributed by atoms with van der Waals surface area (Å²) in [5.74, 6) is 0.423. The number of nitro groups is 1. The van der Waals surface area contributed by atoms with Crippen LogP contribution in [0.15, 0.2) is 16.5 Å². The van der Waals surface area contributed by atoms with E-state index >= 15 is 0 Å². The van der Waals surface area contributed by atoms with Crippen molar-refractivity contribution < 1.29 is 9.34 Å². The molecule has 0 aromatic carbocycles. The Kier molecular flexibility index (Phi) is 3.53. The molecule has 0 atom stereocenters. The number of hydrogen-bond acceptors (Lipinski definition) is 5. The predicted molar refractivity (Wildman–Crippen MR) is 58.1 cm³/mol. The molecule has 2 N–H and O–H groups in total. The minimum atomic E-state index is -0.520. The van der Waals surface area contributed by atoms with E-state index in [1.807, 2.05) is 0 Å². The highest BCUT2D eigenvalue weighted by Crippen LogP contribution is 2.15. The van der Waals surface area contributed by atoms with Crippen molar-refractivity contribution in [2.45, 2.75) is 25.4 Å². The van der Waals surface area contributed by atoms with Gasteiger partial charge in [0.25, 0.3) is 0 Å². The molecule has 6 heteroatoms. The highest BCUT2D eigenvalue weighted by atomic mass is 16.6. The monoisotopic (exact) mass is 225 g/mol. The molecule has 0 bridgehead atoms. The average molecular weight is 225 g/mol. The Bertz CT molecular complexity index is 358. The Balaban J connectivity index is 1.81. The number of piperidine rings is 1. The molecule has 0 saturated carbocycles. The van der Waals surface area contributed by atoms with Crippen LogP contribution in [0.3, 0.4) is 0 Å². The van der Waals surface area contributed by atoms with E-state index in [0.29, 0.717) is 18.3 Å². The molecule has 16 heavy (non-hydrogen) atoms. The smallest absolute Gasteiger partial charge is 0.404 e. The lowest BCUT2D eigenvalue weighted by atomic mass is 10.1. The maximum Gasteiger partial charge on any atom is 0.433 e. The minimum Gasteiger partial charge on any atom is -0.404 e. The molecule has 2 heterocycles. The summed E-state index contributed by atoms with van der Waals surface area (Å²) in [4.78, 5) is 9.88. The third-order valence-corrected chi connectivity index (χ3v) is 2.73. The fraction of sp³-hybridized carbons (Fsp3) is 0.600. The van der Waals surface area contributed by atoms with Crippen molar-refractivity contribution in [3.8, 4) is 0 Å². The van der Waals surface area contributed by atoms with Gasteiger partial charge < -0.3 is 15.1 Å². The second-order valence-corrected chi connectivity index (χ2v) is 3.90. The van der Waals surface area contributed by atoms with Crippen molar-refractivity contribution in [3.63, 3.8) is 0 Å². The molecule has 1 aromatic rings. The van der Waals surface area contributed by atoms with Crippen molar-refractivity contribution >= 4 is 5.88 Å². The molecule has 0 aliphatic carbocycles. The lowest BCUT2D eigenvalue weighted by molar-refractivity contribution is -0.402. The van der Waals surface area contributed by atoms with Gasteiger partial charge in [0.1, 0.15) is 10.7 Å². The second-order valence-electron chi connectivity index (χ2n) is 3.90. The van der Waals surface area contributed by atoms with Gasteiger partial charge in [-0.1, -0.05) is 0 Å². The number of rotatable bonds is 4. The molecule has 6 nitrogen and oxygen atoms in total. The summed E-state index contributed by atoms with van der Waals surface area (Å²) in [6.45, 7) is 2.60. The summed E-state index contributed by atoms with van der Waals surface area (Å²) in [6, 6.07) is 3.51. The Hall–Kier alpha value is -1.40. The molecular weight excluding hydrogens is 210 g/mol. The van der Waals surface area contributed by atoms with Gasteiger partial charge in [0.05, 0.1) is 12.6 Å². The first-order valence-electron chi connectivity index (χ1n) is 5.43. The quantitative estimate of drug-likeness (QED) is 0.591. The first-order valence-corrected chi connectivity index (χ1v) is 5.43. The molecule has 0 spiro atoms. The molecule has 1 fully saturated rings. The van der Waals surface area contributed by atoms with Gasteiger partial charge in [-0.05, 0) is 32.0 Å². The van der Waals surface area contributed by atoms with E-state index in [-0.39, 0.29) is 5.88 Å². The summed E-state index contributed by atoms with van der Waals surface area (Å²) < 4.78 is 5.06. The number of nitrogens with one attached hydrogen (secondary N) is 2. The summed E-state index contributed by atoms with van der Waals surface area (Å²) >= 11 is 0. The van der Waals surface area contributed by atoms with Crippen LogP contribution >= 0.6 is 0 Å². The van der Waals surface area contributed by atoms with E-state index in [0.717, 1.165) is 25.9 Å². The fourth-order valence-corrected chi connectivity index (χ4v) is 1.83. The lowest BCUT2D eigenvalue weighted by Crippen LogP contribution is -2.39. The zero-order valence-electron chi connectivity index (χ0n) is 8.94. The average Bonchev–Trinajstić information content (AvgIpc) is 2.76. The maximum atomic E-state index is 10.4. The molecule has 0 unspecified atom stereocenters. The summed E-state index contributed by atoms with van der Waals surface area (Å²) in [7, 11) is 0. The Morgan fingerprint density at radius 3 is 2.88 bits per heavy atom. The number of furan rings is 1. The predicted octanol–water partition coefficient (Wildman–Crippen LogP) is 1.03. The minimum absolute atomic E-state index is 0.192. The SMILES string of the molecule is O=[N+]([O-])c1ccc(CNC2CCNCC2)o1. The van der Waals surface area contributed by atoms with E-state index in [1.54, 1.807) is 6.07 Å². The summed E-state index contributed by atoms with van der Waals surface area (Å²) in [5.41, 5.74) is 0. The molecule has 2 rings (SSSR count). The van der Waals surface area contributed by atoms with E-state index in [1.165, 1.54) is 6.07 Å². The zero-order chi connectivity index (χ0) is 11.4. The van der Waals surface area contributed by atoms with Crippen LogP contribution in [0.2, 0.25) is 0 Å². The number of nitrogens with zero attached hydrogens (tertiary/aromatic N) is 1. The molecule has 0 amide bonds. The third kappa shape index (κ3) is 2.80. The zero-order valence-corrected chi connectivity index (χ0v) is 8.94. The highest BCUT2D eigenvalue weighted by molar-refractivity contribution is 5.17. The normalized spacial score (nSPS) is 17.5. The van der Waals surface area contributed by atoms with Gasteiger partial charge in [-0.15, -0.1) is 0 Å². The van der Waals surface area contributed by atoms with Crippen LogP contribution in [0, 0.1) is 10.1 Å². The van der Waals surface area contributed by atoms with Crippen molar-refractivity contribution in [1.29, 1.82) is 0 Å². The van der Waals surface area contributed by atoms with Gasteiger partial charge in [-0.3, -0.25) is 10.1 Å². The van der Waals surface area contributed by atoms with Crippen LogP contribution in [-0.2, 0) is 6.54 Å². The molecule has 1 saturated heterocycles. The molecule has 1 aliphatic rings. The first-order chi connectivity index (χ1) is 7.75. The molecule has 88 valence electrons. The third-order valence-electron chi connectivity index (χ3n) is 2.73. The maximum absolute atomic E-state index is 10.4. The van der Waals surface area contributed by atoms with E-state index in [2.05, 4.69) is 10.6 Å². The molecule has 0 radical (unpaired) electrons. The highest BCUT2D eigenvalue weighted by Gasteiger charge is 2.15. The molecule has 1 aromatic heterocycles. The van der Waals surface area contributed by atoms with Gasteiger partial charge >= 0.3 is 5.88 Å². The van der Waals surface area contributed by atoms with E-state index < -0.39 is 4.92 Å². The number of hydrogen-bond donors (Lipinski definition) is 2. The van der Waals surface area contributed by atoms with E-state index in [9.17, 15) is 10.1 Å². The topological polar surface area (TPSA) is 80.3 Å². The Labute approximate surface area is 93.2 Å². The van der Waals surface area contributed by atoms with Crippen molar-refractivity contribution in [3.05, 3.63) is 28.0 Å². The lowest BCUT2D eigenvalue weighted by Gasteiger charge is -2.23. The molecular formula is C10H15N3O3. The fourth-order valence-electron chi connectivity index (χ4n) is 1.83. The van der Waals surface area contributed by atoms with Gasteiger partial charge in [0.15, 0.2) is 0 Å². The van der Waals surface area contributed by atoms with Crippen LogP contribution < -0.4 is 10.6 Å². The first kappa shape index (κ1) is 11.1. The van der Waals surface area contributed by atoms with Crippen LogP contribution in [-0.4, -0.2) is 24.1 Å². The Morgan fingerprint density at radius 2 is 2.25 bits per heavy atom. The second kappa shape index (κ2) is 5.09. The van der Waals surface area contributed by atoms with Crippen molar-refractivity contribution in [2.75, 3.05) is 13.1 Å². The Morgan fingerprint density at radius 1 is 1.50 bits per heavy atom. The van der Waals surface area contributed by atoms with Crippen LogP contribution in [0.25, 0.3) is 0 Å². The largest absolute Gasteiger partial charge is 0.433 e. The van der Waals surface area contributed by atoms with Crippen LogP contribution in [0.1, 0.15) is 18.6 Å². The van der Waals surface area contributed by atoms with Gasteiger partial charge in [0, 0.05) is 6.04 Å². The van der Waals surface area contributed by atoms with Crippen molar-refractivity contribution in [2.24, 2.45) is 0 Å². The van der Waals surface area contributed by atoms with E-state index in [4.69, 9.17) is 4.42 Å². The van der Waals surface area contributed by atoms with Crippen molar-refractivity contribution in [1.82, 2.24) is 10.6 Å². The molecule has 1 aliphatic heterocycles.